The quantitative estimate of drug-likeness (QED) is 0.533. The Labute approximate surface area is 86.0 Å². The summed E-state index contributed by atoms with van der Waals surface area (Å²) in [4.78, 5) is 7.04. The van der Waals surface area contributed by atoms with Gasteiger partial charge in [0.05, 0.1) is 12.8 Å². The van der Waals surface area contributed by atoms with E-state index in [1.807, 2.05) is 0 Å². The van der Waals surface area contributed by atoms with Crippen molar-refractivity contribution in [1.29, 1.82) is 0 Å². The molecule has 0 spiro atoms. The van der Waals surface area contributed by atoms with Crippen molar-refractivity contribution < 1.29 is 14.6 Å². The lowest BCUT2D eigenvalue weighted by atomic mass is 10.1. The minimum absolute atomic E-state index is 0.0448. The van der Waals surface area contributed by atoms with Crippen molar-refractivity contribution >= 4 is 11.8 Å². The van der Waals surface area contributed by atoms with Gasteiger partial charge >= 0.3 is 0 Å². The first-order valence-electron chi connectivity index (χ1n) is 4.30. The lowest BCUT2D eigenvalue weighted by Crippen LogP contribution is -2.37. The van der Waals surface area contributed by atoms with E-state index < -0.39 is 18.0 Å². The van der Waals surface area contributed by atoms with E-state index in [1.54, 1.807) is 0 Å². The van der Waals surface area contributed by atoms with Crippen molar-refractivity contribution in [2.24, 2.45) is 0 Å². The van der Waals surface area contributed by atoms with E-state index in [0.717, 1.165) is 6.20 Å². The molecule has 0 aromatic carbocycles. The first kappa shape index (κ1) is 11.6. The molecule has 0 fully saturated rings. The van der Waals surface area contributed by atoms with Gasteiger partial charge in [-0.25, -0.2) is 9.37 Å². The van der Waals surface area contributed by atoms with E-state index in [2.05, 4.69) is 15.3 Å². The number of nitrogens with zero attached hydrogens (tertiary/aromatic N) is 2. The predicted octanol–water partition coefficient (Wildman–Crippen LogP) is -0.647. The number of anilines is 2. The van der Waals surface area contributed by atoms with Crippen LogP contribution in [0.4, 0.5) is 16.2 Å². The predicted molar refractivity (Wildman–Crippen MR) is 52.6 cm³/mol. The highest BCUT2D eigenvalue weighted by molar-refractivity contribution is 5.39. The molecule has 1 rings (SSSR count). The maximum absolute atomic E-state index is 13.1. The van der Waals surface area contributed by atoms with Crippen LogP contribution in [0, 0.1) is 5.82 Å². The fraction of sp³-hybridized carbons (Fsp3) is 0.500. The van der Waals surface area contributed by atoms with Gasteiger partial charge in [-0.2, -0.15) is 4.98 Å². The van der Waals surface area contributed by atoms with Gasteiger partial charge in [0.25, 0.3) is 0 Å². The lowest BCUT2D eigenvalue weighted by molar-refractivity contribution is 0.0131. The number of aromatic nitrogens is 2. The maximum Gasteiger partial charge on any atom is 0.222 e. The van der Waals surface area contributed by atoms with Crippen molar-refractivity contribution in [3.63, 3.8) is 0 Å². The zero-order chi connectivity index (χ0) is 11.5. The van der Waals surface area contributed by atoms with Crippen molar-refractivity contribution in [3.8, 4) is 0 Å². The molecule has 0 saturated heterocycles. The Morgan fingerprint density at radius 1 is 1.67 bits per heavy atom. The molecular formula is C8H13FN4O2. The summed E-state index contributed by atoms with van der Waals surface area (Å²) in [6, 6.07) is 0. The van der Waals surface area contributed by atoms with Crippen molar-refractivity contribution in [2.75, 3.05) is 24.2 Å². The summed E-state index contributed by atoms with van der Waals surface area (Å²) in [6.45, 7) is 0.918. The van der Waals surface area contributed by atoms with Crippen LogP contribution in [0.25, 0.3) is 0 Å². The van der Waals surface area contributed by atoms with Crippen LogP contribution in [-0.2, 0) is 0 Å². The SMILES string of the molecule is CC(O)(CO)CNc1nc(N)ncc1F. The second kappa shape index (κ2) is 4.37. The van der Waals surface area contributed by atoms with Crippen LogP contribution < -0.4 is 11.1 Å². The number of aliphatic hydroxyl groups is 2. The lowest BCUT2D eigenvalue weighted by Gasteiger charge is -2.20. The molecule has 6 nitrogen and oxygen atoms in total. The van der Waals surface area contributed by atoms with Crippen LogP contribution >= 0.6 is 0 Å². The average Bonchev–Trinajstić information content (AvgIpc) is 2.20. The molecule has 0 bridgehead atoms. The molecule has 84 valence electrons. The number of halogens is 1. The van der Waals surface area contributed by atoms with Gasteiger partial charge in [-0.15, -0.1) is 0 Å². The van der Waals surface area contributed by atoms with E-state index in [1.165, 1.54) is 6.92 Å². The highest BCUT2D eigenvalue weighted by Gasteiger charge is 2.19. The monoisotopic (exact) mass is 216 g/mol. The summed E-state index contributed by atoms with van der Waals surface area (Å²) >= 11 is 0. The molecule has 0 aliphatic carbocycles. The van der Waals surface area contributed by atoms with Gasteiger partial charge in [0, 0.05) is 6.54 Å². The highest BCUT2D eigenvalue weighted by Crippen LogP contribution is 2.11. The second-order valence-corrected chi connectivity index (χ2v) is 3.43. The van der Waals surface area contributed by atoms with E-state index in [-0.39, 0.29) is 18.3 Å². The van der Waals surface area contributed by atoms with Crippen LogP contribution in [0.2, 0.25) is 0 Å². The molecule has 1 aromatic rings. The number of hydrogen-bond donors (Lipinski definition) is 4. The third-order valence-corrected chi connectivity index (χ3v) is 1.74. The summed E-state index contributed by atoms with van der Waals surface area (Å²) in [6.07, 6.45) is 0.929. The molecule has 0 amide bonds. The standard InChI is InChI=1S/C8H13FN4O2/c1-8(15,4-14)3-12-6-5(9)2-11-7(10)13-6/h2,14-15H,3-4H2,1H3,(H3,10,11,12,13). The summed E-state index contributed by atoms with van der Waals surface area (Å²) < 4.78 is 13.1. The summed E-state index contributed by atoms with van der Waals surface area (Å²) in [7, 11) is 0. The second-order valence-electron chi connectivity index (χ2n) is 3.43. The molecule has 1 unspecified atom stereocenters. The van der Waals surface area contributed by atoms with Crippen molar-refractivity contribution in [2.45, 2.75) is 12.5 Å². The zero-order valence-electron chi connectivity index (χ0n) is 8.24. The Bertz CT molecular complexity index is 345. The first-order chi connectivity index (χ1) is 6.94. The average molecular weight is 216 g/mol. The summed E-state index contributed by atoms with van der Waals surface area (Å²) in [5.41, 5.74) is 3.92. The fourth-order valence-corrected chi connectivity index (χ4v) is 0.835. The molecule has 1 atom stereocenters. The van der Waals surface area contributed by atoms with E-state index in [9.17, 15) is 9.50 Å². The van der Waals surface area contributed by atoms with Crippen LogP contribution in [0.1, 0.15) is 6.92 Å². The van der Waals surface area contributed by atoms with E-state index in [0.29, 0.717) is 0 Å². The Kier molecular flexibility index (Phi) is 3.38. The summed E-state index contributed by atoms with van der Waals surface area (Å²) in [5.74, 6) is -0.836. The fourth-order valence-electron chi connectivity index (χ4n) is 0.835. The number of nitrogens with one attached hydrogen (secondary N) is 1. The summed E-state index contributed by atoms with van der Waals surface area (Å²) in [5, 5.41) is 20.7. The number of nitrogen functional groups attached to an aromatic ring is 1. The number of aliphatic hydroxyl groups excluding tert-OH is 1. The molecule has 0 aliphatic rings. The molecular weight excluding hydrogens is 203 g/mol. The van der Waals surface area contributed by atoms with Gasteiger partial charge in [0.2, 0.25) is 5.95 Å². The molecule has 7 heteroatoms. The Balaban J connectivity index is 2.69. The zero-order valence-corrected chi connectivity index (χ0v) is 8.24. The van der Waals surface area contributed by atoms with Gasteiger partial charge in [-0.3, -0.25) is 0 Å². The Morgan fingerprint density at radius 2 is 2.33 bits per heavy atom. The normalized spacial score (nSPS) is 14.7. The van der Waals surface area contributed by atoms with Crippen molar-refractivity contribution in [1.82, 2.24) is 9.97 Å². The minimum atomic E-state index is -1.34. The molecule has 0 saturated carbocycles. The van der Waals surface area contributed by atoms with Gasteiger partial charge in [0.1, 0.15) is 5.60 Å². The molecule has 0 aliphatic heterocycles. The highest BCUT2D eigenvalue weighted by atomic mass is 19.1. The van der Waals surface area contributed by atoms with Crippen LogP contribution in [0.5, 0.6) is 0 Å². The molecule has 15 heavy (non-hydrogen) atoms. The molecule has 1 heterocycles. The van der Waals surface area contributed by atoms with Gasteiger partial charge in [0.15, 0.2) is 11.6 Å². The van der Waals surface area contributed by atoms with Crippen molar-refractivity contribution in [3.05, 3.63) is 12.0 Å². The number of hydrogen-bond acceptors (Lipinski definition) is 6. The number of rotatable bonds is 4. The molecule has 0 radical (unpaired) electrons. The van der Waals surface area contributed by atoms with E-state index in [4.69, 9.17) is 10.8 Å². The van der Waals surface area contributed by atoms with Crippen LogP contribution in [-0.4, -0.2) is 38.9 Å². The third kappa shape index (κ3) is 3.30. The molecule has 1 aromatic heterocycles. The van der Waals surface area contributed by atoms with Crippen LogP contribution in [0.3, 0.4) is 0 Å². The van der Waals surface area contributed by atoms with Gasteiger partial charge in [-0.1, -0.05) is 0 Å². The van der Waals surface area contributed by atoms with Gasteiger partial charge in [-0.05, 0) is 6.92 Å². The first-order valence-corrected chi connectivity index (χ1v) is 4.30. The largest absolute Gasteiger partial charge is 0.393 e. The third-order valence-electron chi connectivity index (χ3n) is 1.74. The topological polar surface area (TPSA) is 104 Å². The maximum atomic E-state index is 13.1. The smallest absolute Gasteiger partial charge is 0.222 e. The minimum Gasteiger partial charge on any atom is -0.393 e. The van der Waals surface area contributed by atoms with Crippen LogP contribution in [0.15, 0.2) is 6.20 Å². The Hall–Kier alpha value is -1.47. The van der Waals surface area contributed by atoms with E-state index >= 15 is 0 Å². The Morgan fingerprint density at radius 3 is 2.93 bits per heavy atom. The number of nitrogens with two attached hydrogens (primary N) is 1. The van der Waals surface area contributed by atoms with Gasteiger partial charge < -0.3 is 21.3 Å². The molecule has 5 N–H and O–H groups in total.